The van der Waals surface area contributed by atoms with Crippen LogP contribution in [0.25, 0.3) is 0 Å². The normalized spacial score (nSPS) is 13.6. The van der Waals surface area contributed by atoms with Gasteiger partial charge >= 0.3 is 0 Å². The predicted molar refractivity (Wildman–Crippen MR) is 94.9 cm³/mol. The van der Waals surface area contributed by atoms with E-state index in [0.29, 0.717) is 31.2 Å². The van der Waals surface area contributed by atoms with Gasteiger partial charge in [0.15, 0.2) is 5.82 Å². The summed E-state index contributed by atoms with van der Waals surface area (Å²) in [5.74, 6) is -0.108. The number of amides is 2. The van der Waals surface area contributed by atoms with E-state index < -0.39 is 0 Å². The van der Waals surface area contributed by atoms with Crippen LogP contribution in [-0.2, 0) is 17.7 Å². The third kappa shape index (κ3) is 5.27. The summed E-state index contributed by atoms with van der Waals surface area (Å²) >= 11 is 0. The van der Waals surface area contributed by atoms with Gasteiger partial charge in [0.05, 0.1) is 12.3 Å². The van der Waals surface area contributed by atoms with Crippen molar-refractivity contribution in [1.82, 2.24) is 25.1 Å². The largest absolute Gasteiger partial charge is 0.383 e. The minimum absolute atomic E-state index is 0.210. The molecule has 0 bridgehead atoms. The number of imidazole rings is 1. The number of aromatic nitrogens is 2. The number of nitrogens with one attached hydrogen (secondary N) is 2. The maximum absolute atomic E-state index is 12.5. The van der Waals surface area contributed by atoms with Gasteiger partial charge in [-0.1, -0.05) is 0 Å². The Morgan fingerprint density at radius 2 is 1.96 bits per heavy atom. The first-order valence-electron chi connectivity index (χ1n) is 8.84. The molecule has 2 N–H and O–H groups in total. The van der Waals surface area contributed by atoms with Gasteiger partial charge < -0.3 is 24.8 Å². The number of rotatable bonds is 9. The second-order valence-corrected chi connectivity index (χ2v) is 6.50. The fourth-order valence-electron chi connectivity index (χ4n) is 2.92. The molecule has 25 heavy (non-hydrogen) atoms. The van der Waals surface area contributed by atoms with Gasteiger partial charge in [-0.15, -0.1) is 0 Å². The Morgan fingerprint density at radius 1 is 1.20 bits per heavy atom. The molecule has 0 spiro atoms. The number of hydrogen-bond acceptors (Lipinski definition) is 5. The maximum atomic E-state index is 12.5. The Morgan fingerprint density at radius 3 is 2.68 bits per heavy atom. The van der Waals surface area contributed by atoms with Crippen molar-refractivity contribution in [2.75, 3.05) is 47.4 Å². The van der Waals surface area contributed by atoms with Gasteiger partial charge in [-0.3, -0.25) is 9.59 Å². The summed E-state index contributed by atoms with van der Waals surface area (Å²) in [6, 6.07) is 0. The number of carbonyl (C=O) groups is 2. The van der Waals surface area contributed by atoms with Gasteiger partial charge in [0.25, 0.3) is 11.8 Å². The summed E-state index contributed by atoms with van der Waals surface area (Å²) in [6.07, 6.45) is 3.65. The standard InChI is InChI=1S/C17H29N5O3/c1-21(2)10-6-8-18-17(24)15-20-14(16(23)19-9-12-25-3)13-7-4-5-11-22(13)15/h4-12H2,1-3H3,(H,18,24)(H,19,23). The smallest absolute Gasteiger partial charge is 0.287 e. The van der Waals surface area contributed by atoms with Gasteiger partial charge in [0.1, 0.15) is 5.69 Å². The van der Waals surface area contributed by atoms with Crippen molar-refractivity contribution in [3.05, 3.63) is 17.2 Å². The molecule has 0 atom stereocenters. The monoisotopic (exact) mass is 351 g/mol. The van der Waals surface area contributed by atoms with Gasteiger partial charge in [-0.05, 0) is 46.3 Å². The summed E-state index contributed by atoms with van der Waals surface area (Å²) < 4.78 is 6.85. The lowest BCUT2D eigenvalue weighted by Gasteiger charge is -2.17. The van der Waals surface area contributed by atoms with E-state index in [-0.39, 0.29) is 11.8 Å². The first kappa shape index (κ1) is 19.4. The van der Waals surface area contributed by atoms with Gasteiger partial charge in [-0.2, -0.15) is 0 Å². The molecule has 1 aromatic heterocycles. The van der Waals surface area contributed by atoms with Crippen molar-refractivity contribution in [3.8, 4) is 0 Å². The van der Waals surface area contributed by atoms with E-state index in [2.05, 4.69) is 20.5 Å². The highest BCUT2D eigenvalue weighted by Gasteiger charge is 2.27. The molecule has 2 rings (SSSR count). The molecule has 0 fully saturated rings. The molecule has 0 saturated carbocycles. The Kier molecular flexibility index (Phi) is 7.39. The molecule has 2 amide bonds. The highest BCUT2D eigenvalue weighted by atomic mass is 16.5. The topological polar surface area (TPSA) is 88.5 Å². The van der Waals surface area contributed by atoms with Crippen molar-refractivity contribution in [2.45, 2.75) is 32.2 Å². The quantitative estimate of drug-likeness (QED) is 0.624. The molecule has 0 radical (unpaired) electrons. The Labute approximate surface area is 148 Å². The van der Waals surface area contributed by atoms with Crippen LogP contribution in [0.4, 0.5) is 0 Å². The minimum Gasteiger partial charge on any atom is -0.383 e. The molecular weight excluding hydrogens is 322 g/mol. The molecule has 140 valence electrons. The van der Waals surface area contributed by atoms with Crippen LogP contribution in [0, 0.1) is 0 Å². The SMILES string of the molecule is COCCNC(=O)c1nc(C(=O)NCCCN(C)C)n2c1CCCC2. The predicted octanol–water partition coefficient (Wildman–Crippen LogP) is 0.277. The first-order valence-corrected chi connectivity index (χ1v) is 8.84. The van der Waals surface area contributed by atoms with Crippen molar-refractivity contribution in [2.24, 2.45) is 0 Å². The van der Waals surface area contributed by atoms with E-state index in [9.17, 15) is 9.59 Å². The lowest BCUT2D eigenvalue weighted by molar-refractivity contribution is 0.0931. The molecule has 0 aliphatic carbocycles. The Balaban J connectivity index is 2.07. The first-order chi connectivity index (χ1) is 12.0. The van der Waals surface area contributed by atoms with Crippen LogP contribution in [0.5, 0.6) is 0 Å². The van der Waals surface area contributed by atoms with Crippen LogP contribution >= 0.6 is 0 Å². The summed E-state index contributed by atoms with van der Waals surface area (Å²) in [6.45, 7) is 3.10. The average Bonchev–Trinajstić information content (AvgIpc) is 2.98. The van der Waals surface area contributed by atoms with Crippen LogP contribution in [0.1, 0.15) is 46.1 Å². The van der Waals surface area contributed by atoms with Gasteiger partial charge in [0, 0.05) is 26.7 Å². The molecule has 2 heterocycles. The number of ether oxygens (including phenoxy) is 1. The lowest BCUT2D eigenvalue weighted by Crippen LogP contribution is -2.30. The number of hydrogen-bond donors (Lipinski definition) is 2. The van der Waals surface area contributed by atoms with Crippen molar-refractivity contribution in [1.29, 1.82) is 0 Å². The van der Waals surface area contributed by atoms with Crippen LogP contribution in [0.15, 0.2) is 0 Å². The summed E-state index contributed by atoms with van der Waals surface area (Å²) in [5.41, 5.74) is 1.23. The average molecular weight is 351 g/mol. The van der Waals surface area contributed by atoms with E-state index in [4.69, 9.17) is 4.74 Å². The second kappa shape index (κ2) is 9.53. The molecule has 0 saturated heterocycles. The van der Waals surface area contributed by atoms with Gasteiger partial charge in [0.2, 0.25) is 0 Å². The molecule has 8 nitrogen and oxygen atoms in total. The van der Waals surface area contributed by atoms with Crippen LogP contribution in [0.3, 0.4) is 0 Å². The van der Waals surface area contributed by atoms with E-state index in [1.54, 1.807) is 7.11 Å². The fraction of sp³-hybridized carbons (Fsp3) is 0.706. The third-order valence-electron chi connectivity index (χ3n) is 4.20. The zero-order chi connectivity index (χ0) is 18.2. The van der Waals surface area contributed by atoms with Gasteiger partial charge in [-0.25, -0.2) is 4.98 Å². The second-order valence-electron chi connectivity index (χ2n) is 6.50. The fourth-order valence-corrected chi connectivity index (χ4v) is 2.92. The molecular formula is C17H29N5O3. The minimum atomic E-state index is -0.241. The van der Waals surface area contributed by atoms with Crippen LogP contribution in [-0.4, -0.2) is 73.7 Å². The van der Waals surface area contributed by atoms with Crippen LogP contribution in [0.2, 0.25) is 0 Å². The zero-order valence-corrected chi connectivity index (χ0v) is 15.4. The van der Waals surface area contributed by atoms with Crippen molar-refractivity contribution in [3.63, 3.8) is 0 Å². The third-order valence-corrected chi connectivity index (χ3v) is 4.20. The number of methoxy groups -OCH3 is 1. The Bertz CT molecular complexity index is 597. The van der Waals surface area contributed by atoms with E-state index in [1.165, 1.54) is 0 Å². The summed E-state index contributed by atoms with van der Waals surface area (Å²) in [7, 11) is 5.59. The molecule has 0 unspecified atom stereocenters. The van der Waals surface area contributed by atoms with E-state index in [0.717, 1.165) is 44.5 Å². The van der Waals surface area contributed by atoms with Crippen molar-refractivity contribution >= 4 is 11.8 Å². The Hall–Kier alpha value is -1.93. The summed E-state index contributed by atoms with van der Waals surface area (Å²) in [4.78, 5) is 31.3. The summed E-state index contributed by atoms with van der Waals surface area (Å²) in [5, 5.41) is 5.70. The number of nitrogens with zero attached hydrogens (tertiary/aromatic N) is 3. The number of carbonyl (C=O) groups excluding carboxylic acids is 2. The molecule has 0 aromatic carbocycles. The van der Waals surface area contributed by atoms with Crippen molar-refractivity contribution < 1.29 is 14.3 Å². The highest BCUT2D eigenvalue weighted by molar-refractivity contribution is 5.97. The highest BCUT2D eigenvalue weighted by Crippen LogP contribution is 2.21. The van der Waals surface area contributed by atoms with E-state index in [1.807, 2.05) is 18.7 Å². The molecule has 1 aliphatic heterocycles. The lowest BCUT2D eigenvalue weighted by atomic mass is 10.1. The molecule has 1 aliphatic rings. The van der Waals surface area contributed by atoms with Crippen LogP contribution < -0.4 is 10.6 Å². The molecule has 8 heteroatoms. The maximum Gasteiger partial charge on any atom is 0.287 e. The molecule has 1 aromatic rings. The zero-order valence-electron chi connectivity index (χ0n) is 15.4. The number of fused-ring (bicyclic) bond motifs is 1. The van der Waals surface area contributed by atoms with E-state index >= 15 is 0 Å².